The number of hydrogen-bond acceptors (Lipinski definition) is 4. The van der Waals surface area contributed by atoms with Gasteiger partial charge in [-0.1, -0.05) is 76.8 Å². The Morgan fingerprint density at radius 3 is 2.26 bits per heavy atom. The molecule has 0 bridgehead atoms. The van der Waals surface area contributed by atoms with E-state index in [1.165, 1.54) is 39.4 Å². The fraction of sp³-hybridized carbons (Fsp3) is 0.395. The molecule has 0 fully saturated rings. The first kappa shape index (κ1) is 34.4. The summed E-state index contributed by atoms with van der Waals surface area (Å²) in [6, 6.07) is 20.8. The quantitative estimate of drug-likeness (QED) is 0.105. The van der Waals surface area contributed by atoms with E-state index in [4.69, 9.17) is 4.98 Å². The van der Waals surface area contributed by atoms with Crippen LogP contribution in [0, 0.1) is 17.9 Å². The van der Waals surface area contributed by atoms with Crippen LogP contribution in [-0.2, 0) is 37.7 Å². The third kappa shape index (κ3) is 7.88. The number of allylic oxidation sites excluding steroid dienone is 2. The van der Waals surface area contributed by atoms with Gasteiger partial charge in [-0.25, -0.2) is 0 Å². The normalized spacial score (nSPS) is 12.4. The number of nitrogens with zero attached hydrogens (tertiary/aromatic N) is 2. The molecule has 2 aromatic carbocycles. The van der Waals surface area contributed by atoms with Gasteiger partial charge in [0, 0.05) is 67.4 Å². The zero-order valence-electron chi connectivity index (χ0n) is 26.4. The molecule has 4 aromatic rings. The van der Waals surface area contributed by atoms with Gasteiger partial charge in [0.25, 0.3) is 0 Å². The molecule has 2 heterocycles. The molecule has 5 heteroatoms. The SMILES string of the molecule is CC(C)c1cc(-c2nccc3c2CCc2ncccc2-3)[c-]c2ccccc12.CCC(CC)C(=O)/C=C(\O)C(CC)CC.[Ir]. The van der Waals surface area contributed by atoms with E-state index in [9.17, 15) is 9.90 Å². The predicted octanol–water partition coefficient (Wildman–Crippen LogP) is 9.85. The Hall–Kier alpha value is -3.14. The number of hydrogen-bond donors (Lipinski definition) is 1. The molecule has 1 N–H and O–H groups in total. The van der Waals surface area contributed by atoms with Crippen LogP contribution >= 0.6 is 0 Å². The minimum Gasteiger partial charge on any atom is -0.512 e. The fourth-order valence-corrected chi connectivity index (χ4v) is 6.00. The Labute approximate surface area is 271 Å². The predicted molar refractivity (Wildman–Crippen MR) is 175 cm³/mol. The second kappa shape index (κ2) is 16.1. The van der Waals surface area contributed by atoms with Crippen molar-refractivity contribution in [3.05, 3.63) is 95.6 Å². The summed E-state index contributed by atoms with van der Waals surface area (Å²) in [5.41, 5.74) is 8.54. The molecule has 0 spiro atoms. The van der Waals surface area contributed by atoms with Crippen molar-refractivity contribution in [3.63, 3.8) is 0 Å². The van der Waals surface area contributed by atoms with Gasteiger partial charge in [-0.3, -0.25) is 14.8 Å². The zero-order valence-corrected chi connectivity index (χ0v) is 28.8. The maximum atomic E-state index is 11.7. The molecule has 0 atom stereocenters. The first-order chi connectivity index (χ1) is 20.3. The zero-order chi connectivity index (χ0) is 30.2. The van der Waals surface area contributed by atoms with Gasteiger partial charge in [0.1, 0.15) is 0 Å². The number of fused-ring (bicyclic) bond motifs is 4. The Morgan fingerprint density at radius 2 is 1.58 bits per heavy atom. The number of carbonyl (C=O) groups is 1. The van der Waals surface area contributed by atoms with E-state index in [-0.39, 0.29) is 43.5 Å². The Balaban J connectivity index is 0.000000274. The van der Waals surface area contributed by atoms with Gasteiger partial charge in [0.2, 0.25) is 0 Å². The van der Waals surface area contributed by atoms with Gasteiger partial charge in [-0.15, -0.1) is 29.1 Å². The molecule has 1 radical (unpaired) electrons. The van der Waals surface area contributed by atoms with Crippen LogP contribution in [0.25, 0.3) is 33.2 Å². The van der Waals surface area contributed by atoms with Gasteiger partial charge in [0.15, 0.2) is 5.78 Å². The van der Waals surface area contributed by atoms with Crippen molar-refractivity contribution < 1.29 is 30.0 Å². The van der Waals surface area contributed by atoms with Crippen molar-refractivity contribution in [2.75, 3.05) is 0 Å². The smallest absolute Gasteiger partial charge is 0.162 e. The fourth-order valence-electron chi connectivity index (χ4n) is 6.00. The Morgan fingerprint density at radius 1 is 0.884 bits per heavy atom. The summed E-state index contributed by atoms with van der Waals surface area (Å²) in [6.07, 6.45) is 10.7. The standard InChI is InChI=1S/C25H21N2.C13H24O2.Ir/c1-16(2)23-15-18(14-17-6-3-4-7-19(17)23)25-22-9-10-24-21(8-5-12-26-24)20(22)11-13-27-25;1-5-10(6-2)12(14)9-13(15)11(7-3)8-4;/h3-8,11-13,15-16H,9-10H2,1-2H3;9-11,14H,5-8H2,1-4H3;/q-1;;/b;12-9-;. The van der Waals surface area contributed by atoms with E-state index in [0.717, 1.165) is 55.2 Å². The van der Waals surface area contributed by atoms with Crippen LogP contribution in [0.15, 0.2) is 72.8 Å². The molecule has 0 saturated carbocycles. The average molecular weight is 754 g/mol. The summed E-state index contributed by atoms with van der Waals surface area (Å²) < 4.78 is 0. The molecule has 0 aliphatic heterocycles. The monoisotopic (exact) mass is 754 g/mol. The number of carbonyl (C=O) groups excluding carboxylic acids is 1. The summed E-state index contributed by atoms with van der Waals surface area (Å²) in [7, 11) is 0. The van der Waals surface area contributed by atoms with Gasteiger partial charge in [-0.2, -0.15) is 0 Å². The van der Waals surface area contributed by atoms with Crippen LogP contribution in [0.1, 0.15) is 90.0 Å². The first-order valence-electron chi connectivity index (χ1n) is 15.6. The molecule has 5 rings (SSSR count). The largest absolute Gasteiger partial charge is 0.512 e. The third-order valence-electron chi connectivity index (χ3n) is 8.61. The van der Waals surface area contributed by atoms with Gasteiger partial charge >= 0.3 is 0 Å². The van der Waals surface area contributed by atoms with E-state index in [1.807, 2.05) is 46.2 Å². The molecule has 2 aromatic heterocycles. The molecule has 0 saturated heterocycles. The minimum absolute atomic E-state index is 0. The van der Waals surface area contributed by atoms with Crippen LogP contribution in [0.3, 0.4) is 0 Å². The first-order valence-corrected chi connectivity index (χ1v) is 15.6. The van der Waals surface area contributed by atoms with Gasteiger partial charge < -0.3 is 5.11 Å². The molecule has 43 heavy (non-hydrogen) atoms. The van der Waals surface area contributed by atoms with Crippen molar-refractivity contribution >= 4 is 16.6 Å². The van der Waals surface area contributed by atoms with Crippen LogP contribution in [0.5, 0.6) is 0 Å². The molecule has 0 unspecified atom stereocenters. The summed E-state index contributed by atoms with van der Waals surface area (Å²) in [5, 5.41) is 12.2. The Bertz CT molecular complexity index is 1550. The van der Waals surface area contributed by atoms with E-state index >= 15 is 0 Å². The summed E-state index contributed by atoms with van der Waals surface area (Å²) in [6.45, 7) is 12.6. The van der Waals surface area contributed by atoms with Crippen molar-refractivity contribution in [3.8, 4) is 22.4 Å². The van der Waals surface area contributed by atoms with Crippen molar-refractivity contribution in [1.29, 1.82) is 0 Å². The van der Waals surface area contributed by atoms with Gasteiger partial charge in [-0.05, 0) is 67.7 Å². The van der Waals surface area contributed by atoms with Crippen molar-refractivity contribution in [1.82, 2.24) is 9.97 Å². The second-order valence-corrected chi connectivity index (χ2v) is 11.5. The summed E-state index contributed by atoms with van der Waals surface area (Å²) in [4.78, 5) is 21.1. The number of aromatic nitrogens is 2. The number of aliphatic hydroxyl groups excluding tert-OH is 1. The van der Waals surface area contributed by atoms with Crippen molar-refractivity contribution in [2.24, 2.45) is 11.8 Å². The van der Waals surface area contributed by atoms with E-state index in [1.54, 1.807) is 0 Å². The van der Waals surface area contributed by atoms with E-state index < -0.39 is 0 Å². The maximum Gasteiger partial charge on any atom is 0.162 e. The van der Waals surface area contributed by atoms with E-state index in [2.05, 4.69) is 67.4 Å². The summed E-state index contributed by atoms with van der Waals surface area (Å²) in [5.74, 6) is 0.999. The topological polar surface area (TPSA) is 63.1 Å². The van der Waals surface area contributed by atoms with Crippen LogP contribution < -0.4 is 0 Å². The van der Waals surface area contributed by atoms with Crippen LogP contribution in [0.2, 0.25) is 0 Å². The molecular formula is C38H45IrN2O2-. The van der Waals surface area contributed by atoms with Crippen LogP contribution in [-0.4, -0.2) is 20.9 Å². The van der Waals surface area contributed by atoms with Gasteiger partial charge in [0.05, 0.1) is 5.76 Å². The molecule has 4 nitrogen and oxygen atoms in total. The number of ketones is 1. The summed E-state index contributed by atoms with van der Waals surface area (Å²) >= 11 is 0. The third-order valence-corrected chi connectivity index (χ3v) is 8.61. The molecule has 1 aliphatic rings. The maximum absolute atomic E-state index is 11.7. The molecule has 229 valence electrons. The Kier molecular flexibility index (Phi) is 12.8. The number of benzene rings is 2. The minimum atomic E-state index is 0. The van der Waals surface area contributed by atoms with E-state index in [0.29, 0.717) is 5.92 Å². The molecule has 0 amide bonds. The number of pyridine rings is 2. The molecule has 1 aliphatic carbocycles. The number of aliphatic hydroxyl groups is 1. The molecular weight excluding hydrogens is 709 g/mol. The second-order valence-electron chi connectivity index (χ2n) is 11.5. The number of aryl methyl sites for hydroxylation is 1. The van der Waals surface area contributed by atoms with Crippen molar-refractivity contribution in [2.45, 2.75) is 86.0 Å². The van der Waals surface area contributed by atoms with Crippen LogP contribution in [0.4, 0.5) is 0 Å². The average Bonchev–Trinajstić information content (AvgIpc) is 3.01. The number of rotatable bonds is 9.